The van der Waals surface area contributed by atoms with Crippen molar-refractivity contribution in [1.29, 1.82) is 0 Å². The Labute approximate surface area is 151 Å². The number of carbonyl (C=O) groups excluding carboxylic acids is 1. The number of imidazole rings is 1. The van der Waals surface area contributed by atoms with Gasteiger partial charge in [0.2, 0.25) is 5.95 Å². The number of amides is 1. The van der Waals surface area contributed by atoms with Crippen LogP contribution in [0.2, 0.25) is 0 Å². The van der Waals surface area contributed by atoms with Gasteiger partial charge in [-0.2, -0.15) is 0 Å². The van der Waals surface area contributed by atoms with Crippen LogP contribution in [0.25, 0.3) is 21.9 Å². The van der Waals surface area contributed by atoms with Gasteiger partial charge in [-0.15, -0.1) is 0 Å². The van der Waals surface area contributed by atoms with Gasteiger partial charge in [0.25, 0.3) is 5.91 Å². The molecule has 4 aromatic rings. The Morgan fingerprint density at radius 2 is 1.77 bits per heavy atom. The Morgan fingerprint density at radius 1 is 1.04 bits per heavy atom. The first-order chi connectivity index (χ1) is 12.7. The van der Waals surface area contributed by atoms with E-state index in [9.17, 15) is 4.79 Å². The van der Waals surface area contributed by atoms with Crippen LogP contribution in [0.4, 0.5) is 5.95 Å². The van der Waals surface area contributed by atoms with E-state index in [1.54, 1.807) is 0 Å². The number of carbonyl (C=O) groups is 1. The molecule has 0 saturated heterocycles. The van der Waals surface area contributed by atoms with E-state index in [1.807, 2.05) is 61.5 Å². The van der Waals surface area contributed by atoms with Crippen molar-refractivity contribution in [2.75, 3.05) is 5.32 Å². The van der Waals surface area contributed by atoms with Crippen LogP contribution in [-0.4, -0.2) is 20.4 Å². The molecule has 0 aliphatic carbocycles. The van der Waals surface area contributed by atoms with Gasteiger partial charge in [0.1, 0.15) is 0 Å². The standard InChI is InChI=1S/C21H20N4O/c1-3-12-25-19-11-7-6-10-18(19)23-21(25)24-20(26)16-13-14(2)22-17-9-5-4-8-15(16)17/h4-11,13H,3,12H2,1-2H3,(H,23,24,26). The van der Waals surface area contributed by atoms with Crippen molar-refractivity contribution in [1.82, 2.24) is 14.5 Å². The molecule has 0 bridgehead atoms. The Kier molecular flexibility index (Phi) is 4.13. The predicted molar refractivity (Wildman–Crippen MR) is 104 cm³/mol. The van der Waals surface area contributed by atoms with Crippen LogP contribution in [-0.2, 0) is 6.54 Å². The third kappa shape index (κ3) is 2.81. The molecule has 2 heterocycles. The minimum Gasteiger partial charge on any atom is -0.310 e. The number of aryl methyl sites for hydroxylation is 2. The topological polar surface area (TPSA) is 59.8 Å². The summed E-state index contributed by atoms with van der Waals surface area (Å²) in [5, 5.41) is 3.85. The molecular weight excluding hydrogens is 324 g/mol. The molecule has 130 valence electrons. The normalized spacial score (nSPS) is 11.2. The lowest BCUT2D eigenvalue weighted by atomic mass is 10.1. The molecule has 0 fully saturated rings. The molecular formula is C21H20N4O. The number of benzene rings is 2. The lowest BCUT2D eigenvalue weighted by Gasteiger charge is -2.11. The summed E-state index contributed by atoms with van der Waals surface area (Å²) in [5.41, 5.74) is 4.16. The van der Waals surface area contributed by atoms with Crippen LogP contribution in [0.1, 0.15) is 29.4 Å². The number of aromatic nitrogens is 3. The van der Waals surface area contributed by atoms with Gasteiger partial charge in [-0.1, -0.05) is 37.3 Å². The molecule has 0 atom stereocenters. The van der Waals surface area contributed by atoms with Crippen molar-refractivity contribution >= 4 is 33.8 Å². The minimum absolute atomic E-state index is 0.167. The summed E-state index contributed by atoms with van der Waals surface area (Å²) in [6.07, 6.45) is 0.959. The minimum atomic E-state index is -0.167. The smallest absolute Gasteiger partial charge is 0.258 e. The van der Waals surface area contributed by atoms with Gasteiger partial charge >= 0.3 is 0 Å². The van der Waals surface area contributed by atoms with E-state index in [2.05, 4.69) is 26.8 Å². The third-order valence-electron chi connectivity index (χ3n) is 4.42. The first-order valence-electron chi connectivity index (χ1n) is 8.80. The van der Waals surface area contributed by atoms with E-state index in [1.165, 1.54) is 0 Å². The molecule has 2 aromatic heterocycles. The highest BCUT2D eigenvalue weighted by atomic mass is 16.1. The van der Waals surface area contributed by atoms with Crippen molar-refractivity contribution in [3.05, 3.63) is 65.9 Å². The lowest BCUT2D eigenvalue weighted by Crippen LogP contribution is -2.17. The largest absolute Gasteiger partial charge is 0.310 e. The number of hydrogen-bond acceptors (Lipinski definition) is 3. The Morgan fingerprint density at radius 3 is 2.58 bits per heavy atom. The fraction of sp³-hybridized carbons (Fsp3) is 0.190. The Hall–Kier alpha value is -3.21. The van der Waals surface area contributed by atoms with Crippen molar-refractivity contribution in [2.45, 2.75) is 26.8 Å². The first kappa shape index (κ1) is 16.3. The average molecular weight is 344 g/mol. The summed E-state index contributed by atoms with van der Waals surface area (Å²) in [7, 11) is 0. The number of para-hydroxylation sites is 3. The zero-order chi connectivity index (χ0) is 18.1. The summed E-state index contributed by atoms with van der Waals surface area (Å²) in [5.74, 6) is 0.413. The molecule has 5 heteroatoms. The van der Waals surface area contributed by atoms with Crippen LogP contribution >= 0.6 is 0 Å². The molecule has 0 unspecified atom stereocenters. The quantitative estimate of drug-likeness (QED) is 0.590. The molecule has 0 aliphatic rings. The van der Waals surface area contributed by atoms with E-state index >= 15 is 0 Å². The van der Waals surface area contributed by atoms with Crippen molar-refractivity contribution in [2.24, 2.45) is 0 Å². The molecule has 0 spiro atoms. The molecule has 0 radical (unpaired) electrons. The average Bonchev–Trinajstić information content (AvgIpc) is 2.98. The maximum absolute atomic E-state index is 13.0. The number of nitrogens with zero attached hydrogens (tertiary/aromatic N) is 3. The Balaban J connectivity index is 1.78. The van der Waals surface area contributed by atoms with Gasteiger partial charge in [0, 0.05) is 17.6 Å². The number of fused-ring (bicyclic) bond motifs is 2. The van der Waals surface area contributed by atoms with E-state index in [4.69, 9.17) is 0 Å². The highest BCUT2D eigenvalue weighted by Gasteiger charge is 2.16. The summed E-state index contributed by atoms with van der Waals surface area (Å²) >= 11 is 0. The molecule has 1 amide bonds. The number of rotatable bonds is 4. The maximum atomic E-state index is 13.0. The van der Waals surface area contributed by atoms with Crippen molar-refractivity contribution in [3.8, 4) is 0 Å². The number of hydrogen-bond donors (Lipinski definition) is 1. The van der Waals surface area contributed by atoms with Crippen molar-refractivity contribution < 1.29 is 4.79 Å². The second-order valence-corrected chi connectivity index (χ2v) is 6.36. The Bertz CT molecular complexity index is 1110. The fourth-order valence-electron chi connectivity index (χ4n) is 3.29. The summed E-state index contributed by atoms with van der Waals surface area (Å²) in [4.78, 5) is 22.1. The highest BCUT2D eigenvalue weighted by molar-refractivity contribution is 6.12. The molecule has 2 aromatic carbocycles. The van der Waals surface area contributed by atoms with Gasteiger partial charge in [-0.3, -0.25) is 15.1 Å². The van der Waals surface area contributed by atoms with Gasteiger partial charge < -0.3 is 4.57 Å². The van der Waals surface area contributed by atoms with Crippen molar-refractivity contribution in [3.63, 3.8) is 0 Å². The molecule has 26 heavy (non-hydrogen) atoms. The SMILES string of the molecule is CCCn1c(NC(=O)c2cc(C)nc3ccccc23)nc2ccccc21. The van der Waals surface area contributed by atoms with Crippen LogP contribution in [0.15, 0.2) is 54.6 Å². The monoisotopic (exact) mass is 344 g/mol. The van der Waals surface area contributed by atoms with Gasteiger partial charge in [0.05, 0.1) is 22.1 Å². The first-order valence-corrected chi connectivity index (χ1v) is 8.80. The molecule has 1 N–H and O–H groups in total. The van der Waals surface area contributed by atoms with E-state index in [-0.39, 0.29) is 5.91 Å². The summed E-state index contributed by atoms with van der Waals surface area (Å²) in [6, 6.07) is 17.4. The van der Waals surface area contributed by atoms with E-state index < -0.39 is 0 Å². The summed E-state index contributed by atoms with van der Waals surface area (Å²) < 4.78 is 2.06. The predicted octanol–water partition coefficient (Wildman–Crippen LogP) is 4.56. The number of anilines is 1. The zero-order valence-electron chi connectivity index (χ0n) is 14.9. The number of pyridine rings is 1. The highest BCUT2D eigenvalue weighted by Crippen LogP contribution is 2.23. The zero-order valence-corrected chi connectivity index (χ0v) is 14.9. The van der Waals surface area contributed by atoms with Crippen LogP contribution in [0.3, 0.4) is 0 Å². The number of nitrogens with one attached hydrogen (secondary N) is 1. The van der Waals surface area contributed by atoms with Gasteiger partial charge in [-0.25, -0.2) is 4.98 Å². The maximum Gasteiger partial charge on any atom is 0.258 e. The van der Waals surface area contributed by atoms with Crippen LogP contribution in [0, 0.1) is 6.92 Å². The van der Waals surface area contributed by atoms with E-state index in [0.29, 0.717) is 11.5 Å². The fourth-order valence-corrected chi connectivity index (χ4v) is 3.29. The lowest BCUT2D eigenvalue weighted by molar-refractivity contribution is 0.102. The second-order valence-electron chi connectivity index (χ2n) is 6.36. The third-order valence-corrected chi connectivity index (χ3v) is 4.42. The van der Waals surface area contributed by atoms with Crippen LogP contribution in [0.5, 0.6) is 0 Å². The molecule has 0 aliphatic heterocycles. The molecule has 4 rings (SSSR count). The van der Waals surface area contributed by atoms with E-state index in [0.717, 1.165) is 40.6 Å². The second kappa shape index (κ2) is 6.59. The van der Waals surface area contributed by atoms with Gasteiger partial charge in [0.15, 0.2) is 0 Å². The molecule has 0 saturated carbocycles. The van der Waals surface area contributed by atoms with Crippen LogP contribution < -0.4 is 5.32 Å². The summed E-state index contributed by atoms with van der Waals surface area (Å²) in [6.45, 7) is 4.81. The van der Waals surface area contributed by atoms with Gasteiger partial charge in [-0.05, 0) is 37.6 Å². The molecule has 5 nitrogen and oxygen atoms in total.